The van der Waals surface area contributed by atoms with Crippen molar-refractivity contribution in [2.75, 3.05) is 56.2 Å². The maximum atomic E-state index is 14.3. The summed E-state index contributed by atoms with van der Waals surface area (Å²) in [5.41, 5.74) is 8.73. The highest BCUT2D eigenvalue weighted by molar-refractivity contribution is 6.07. The van der Waals surface area contributed by atoms with E-state index < -0.39 is 41.8 Å². The first-order valence-electron chi connectivity index (χ1n) is 26.2. The zero-order valence-corrected chi connectivity index (χ0v) is 43.8. The number of methoxy groups -OCH3 is 1. The Morgan fingerprint density at radius 3 is 2.36 bits per heavy atom. The van der Waals surface area contributed by atoms with Crippen molar-refractivity contribution in [1.82, 2.24) is 45.3 Å². The predicted octanol–water partition coefficient (Wildman–Crippen LogP) is 4.05. The number of hydrogen-bond acceptors (Lipinski definition) is 13. The van der Waals surface area contributed by atoms with E-state index in [0.717, 1.165) is 42.2 Å². The molecule has 21 heteroatoms. The van der Waals surface area contributed by atoms with Gasteiger partial charge in [-0.05, 0) is 87.1 Å². The normalized spacial score (nSPS) is 19.7. The van der Waals surface area contributed by atoms with Crippen LogP contribution < -0.4 is 41.8 Å². The van der Waals surface area contributed by atoms with Gasteiger partial charge >= 0.3 is 6.03 Å². The number of benzene rings is 3. The molecular weight excluding hydrogens is 985 g/mol. The van der Waals surface area contributed by atoms with Gasteiger partial charge in [-0.1, -0.05) is 36.4 Å². The number of amides is 7. The molecule has 77 heavy (non-hydrogen) atoms. The lowest BCUT2D eigenvalue weighted by atomic mass is 9.86. The van der Waals surface area contributed by atoms with Crippen molar-refractivity contribution >= 4 is 69.0 Å². The summed E-state index contributed by atoms with van der Waals surface area (Å²) in [6.45, 7) is 7.86. The monoisotopic (exact) mass is 1050 g/mol. The molecule has 402 valence electrons. The lowest BCUT2D eigenvalue weighted by Gasteiger charge is -2.49. The number of carbonyl (C=O) groups is 6. The van der Waals surface area contributed by atoms with Crippen LogP contribution in [0.5, 0.6) is 5.75 Å². The average Bonchev–Trinajstić information content (AvgIpc) is 4.13. The molecule has 0 spiro atoms. The number of pyridine rings is 1. The number of piperazine rings is 1. The highest BCUT2D eigenvalue weighted by atomic mass is 16.5. The Kier molecular flexibility index (Phi) is 14.6. The maximum Gasteiger partial charge on any atom is 0.328 e. The van der Waals surface area contributed by atoms with Gasteiger partial charge in [0, 0.05) is 106 Å². The fraction of sp³-hybridized carbons (Fsp3) is 0.411. The van der Waals surface area contributed by atoms with Crippen molar-refractivity contribution in [1.29, 1.82) is 0 Å². The Balaban J connectivity index is 0.965. The van der Waals surface area contributed by atoms with Gasteiger partial charge in [-0.3, -0.25) is 43.9 Å². The van der Waals surface area contributed by atoms with Gasteiger partial charge in [0.2, 0.25) is 29.6 Å². The largest absolute Gasteiger partial charge is 0.495 e. The molecule has 3 saturated heterocycles. The van der Waals surface area contributed by atoms with Crippen molar-refractivity contribution in [3.05, 3.63) is 112 Å². The van der Waals surface area contributed by atoms with Crippen molar-refractivity contribution in [2.45, 2.75) is 95.2 Å². The van der Waals surface area contributed by atoms with Gasteiger partial charge in [0.25, 0.3) is 11.5 Å². The minimum atomic E-state index is -1.43. The Hall–Kier alpha value is -8.17. The minimum absolute atomic E-state index is 0.0232. The number of piperidine rings is 1. The van der Waals surface area contributed by atoms with Gasteiger partial charge in [0.1, 0.15) is 17.3 Å². The molecule has 7 amide bonds. The number of carbonyl (C=O) groups excluding carboxylic acids is 6. The SMILES string of the molecule is COc1ccc(C(=O)N2C[C@@H](C)N(C3CCN(c4nc([C@@](CNC(=O)[C@H](CC(N)=O)NC(C)=O)(OC5CC5)c5ccccc5)c5cc(-c6cn(C)c(=O)c7[nH]ccc67)ccc5n4)CC3)C[C@@H]2C)cc1N1CCC(=O)NC1=O. The number of primary amides is 1. The number of nitrogens with one attached hydrogen (secondary N) is 4. The summed E-state index contributed by atoms with van der Waals surface area (Å²) in [5.74, 6) is -1.49. The van der Waals surface area contributed by atoms with E-state index in [4.69, 9.17) is 25.2 Å². The smallest absolute Gasteiger partial charge is 0.328 e. The number of urea groups is 1. The van der Waals surface area contributed by atoms with E-state index in [-0.39, 0.29) is 61.1 Å². The lowest BCUT2D eigenvalue weighted by molar-refractivity contribution is -0.131. The first kappa shape index (κ1) is 52.3. The molecule has 1 aliphatic carbocycles. The van der Waals surface area contributed by atoms with Crippen LogP contribution in [0.25, 0.3) is 32.9 Å². The molecule has 6 heterocycles. The number of hydrogen-bond donors (Lipinski definition) is 5. The van der Waals surface area contributed by atoms with Gasteiger partial charge in [0.05, 0.1) is 43.1 Å². The molecule has 4 aliphatic rings. The third-order valence-electron chi connectivity index (χ3n) is 15.3. The van der Waals surface area contributed by atoms with Crippen molar-refractivity contribution < 1.29 is 38.2 Å². The second kappa shape index (κ2) is 21.5. The summed E-state index contributed by atoms with van der Waals surface area (Å²) < 4.78 is 14.3. The van der Waals surface area contributed by atoms with Crippen LogP contribution in [-0.4, -0.2) is 142 Å². The molecule has 6 aromatic rings. The summed E-state index contributed by atoms with van der Waals surface area (Å²) in [6, 6.07) is 20.7. The molecule has 4 atom stereocenters. The third-order valence-corrected chi connectivity index (χ3v) is 15.3. The lowest BCUT2D eigenvalue weighted by Crippen LogP contribution is -2.61. The molecule has 3 aliphatic heterocycles. The summed E-state index contributed by atoms with van der Waals surface area (Å²) in [5, 5.41) is 9.36. The van der Waals surface area contributed by atoms with Crippen LogP contribution in [0, 0.1) is 0 Å². The van der Waals surface area contributed by atoms with E-state index in [1.54, 1.807) is 36.0 Å². The Morgan fingerprint density at radius 2 is 1.66 bits per heavy atom. The number of nitrogens with zero attached hydrogens (tertiary/aromatic N) is 7. The Labute approximate surface area is 444 Å². The molecule has 4 fully saturated rings. The summed E-state index contributed by atoms with van der Waals surface area (Å²) in [7, 11) is 3.21. The molecule has 0 unspecified atom stereocenters. The Bertz CT molecular complexity index is 3340. The number of ether oxygens (including phenoxy) is 2. The number of fused-ring (bicyclic) bond motifs is 2. The molecule has 3 aromatic heterocycles. The molecular formula is C56H64N12O9. The average molecular weight is 1050 g/mol. The topological polar surface area (TPSA) is 260 Å². The zero-order chi connectivity index (χ0) is 54.3. The number of nitrogens with two attached hydrogens (primary N) is 1. The van der Waals surface area contributed by atoms with Crippen LogP contribution in [0.1, 0.15) is 80.9 Å². The van der Waals surface area contributed by atoms with Crippen LogP contribution >= 0.6 is 0 Å². The quantitative estimate of drug-likeness (QED) is 0.0918. The van der Waals surface area contributed by atoms with Gasteiger partial charge < -0.3 is 45.2 Å². The predicted molar refractivity (Wildman–Crippen MR) is 288 cm³/mol. The second-order valence-corrected chi connectivity index (χ2v) is 20.7. The summed E-state index contributed by atoms with van der Waals surface area (Å²) in [4.78, 5) is 113. The van der Waals surface area contributed by atoms with Crippen LogP contribution in [0.4, 0.5) is 16.4 Å². The Morgan fingerprint density at radius 1 is 0.896 bits per heavy atom. The molecule has 21 nitrogen and oxygen atoms in total. The van der Waals surface area contributed by atoms with Crippen molar-refractivity contribution in [3.8, 4) is 16.9 Å². The minimum Gasteiger partial charge on any atom is -0.495 e. The first-order chi connectivity index (χ1) is 37.0. The maximum absolute atomic E-state index is 14.3. The van der Waals surface area contributed by atoms with E-state index in [1.807, 2.05) is 65.7 Å². The number of H-pyrrole nitrogens is 1. The summed E-state index contributed by atoms with van der Waals surface area (Å²) in [6.07, 6.45) is 6.22. The number of imide groups is 1. The van der Waals surface area contributed by atoms with Gasteiger partial charge in [-0.25, -0.2) is 14.8 Å². The number of rotatable bonds is 16. The van der Waals surface area contributed by atoms with Crippen molar-refractivity contribution in [2.24, 2.45) is 12.8 Å². The fourth-order valence-electron chi connectivity index (χ4n) is 11.2. The number of aryl methyl sites for hydroxylation is 1. The molecule has 1 saturated carbocycles. The van der Waals surface area contributed by atoms with Crippen molar-refractivity contribution in [3.63, 3.8) is 0 Å². The molecule has 3 aromatic carbocycles. The number of anilines is 2. The van der Waals surface area contributed by atoms with Crippen LogP contribution in [0.3, 0.4) is 0 Å². The summed E-state index contributed by atoms with van der Waals surface area (Å²) >= 11 is 0. The van der Waals surface area contributed by atoms with E-state index >= 15 is 0 Å². The van der Waals surface area contributed by atoms with E-state index in [0.29, 0.717) is 76.8 Å². The van der Waals surface area contributed by atoms with Gasteiger partial charge in [-0.2, -0.15) is 0 Å². The zero-order valence-electron chi connectivity index (χ0n) is 43.8. The van der Waals surface area contributed by atoms with Crippen LogP contribution in [0.2, 0.25) is 0 Å². The van der Waals surface area contributed by atoms with Crippen LogP contribution in [-0.2, 0) is 36.6 Å². The standard InChI is InChI=1S/C56H64N12O9/c1-32-29-68(52(73)36-12-16-46(76-5)45(26-36)66-24-20-48(71)62-55(66)75)33(2)28-67(32)38-18-22-65(23-19-38)54-61-43-15-11-35(42-30-64(4)53(74)49-40(42)17-21-58-49)25-41(43)50(63-54)56(77-39-13-14-39,37-9-7-6-8-10-37)31-59-51(72)44(27-47(57)70)60-34(3)69/h6-12,15-17,21,25-26,30,32-33,38-39,44,58H,13-14,18-20,22-24,27-29,31H2,1-5H3,(H2,57,70)(H,59,72)(H,60,69)(H,62,71,75)/t32-,33+,44+,56+/m1/s1. The van der Waals surface area contributed by atoms with Crippen LogP contribution in [0.15, 0.2) is 90.0 Å². The van der Waals surface area contributed by atoms with E-state index in [9.17, 15) is 33.6 Å². The van der Waals surface area contributed by atoms with Gasteiger partial charge in [-0.15, -0.1) is 0 Å². The molecule has 0 radical (unpaired) electrons. The highest BCUT2D eigenvalue weighted by Gasteiger charge is 2.46. The van der Waals surface area contributed by atoms with E-state index in [1.165, 1.54) is 18.9 Å². The van der Waals surface area contributed by atoms with Gasteiger partial charge in [0.15, 0.2) is 5.60 Å². The number of aromatic amines is 1. The molecule has 6 N–H and O–H groups in total. The molecule has 10 rings (SSSR count). The number of aromatic nitrogens is 4. The first-order valence-corrected chi connectivity index (χ1v) is 26.2. The second-order valence-electron chi connectivity index (χ2n) is 20.7. The third kappa shape index (κ3) is 10.6. The molecule has 0 bridgehead atoms. The van der Waals surface area contributed by atoms with E-state index in [2.05, 4.69) is 44.6 Å². The fourth-order valence-corrected chi connectivity index (χ4v) is 11.2. The highest BCUT2D eigenvalue weighted by Crippen LogP contribution is 2.44.